The largest absolute Gasteiger partial charge is 0.355 e. The Morgan fingerprint density at radius 3 is 2.61 bits per heavy atom. The molecule has 1 saturated carbocycles. The average Bonchev–Trinajstić information content (AvgIpc) is 2.71. The van der Waals surface area contributed by atoms with E-state index in [-0.39, 0.29) is 11.8 Å². The number of carbonyl (C=O) groups excluding carboxylic acids is 2. The van der Waals surface area contributed by atoms with Gasteiger partial charge in [-0.3, -0.25) is 9.59 Å². The summed E-state index contributed by atoms with van der Waals surface area (Å²) in [4.78, 5) is 25.7. The normalized spacial score (nSPS) is 14.5. The first-order valence-corrected chi connectivity index (χ1v) is 11.0. The zero-order valence-corrected chi connectivity index (χ0v) is 17.3. The second kappa shape index (κ2) is 10.5. The van der Waals surface area contributed by atoms with Gasteiger partial charge in [0, 0.05) is 22.2 Å². The second-order valence-electron chi connectivity index (χ2n) is 7.06. The van der Waals surface area contributed by atoms with Crippen molar-refractivity contribution in [2.45, 2.75) is 37.0 Å². The Hall–Kier alpha value is -1.98. The first-order chi connectivity index (χ1) is 13.6. The van der Waals surface area contributed by atoms with E-state index in [1.165, 1.54) is 43.9 Å². The molecule has 1 aliphatic rings. The van der Waals surface area contributed by atoms with Gasteiger partial charge in [-0.1, -0.05) is 49.1 Å². The van der Waals surface area contributed by atoms with E-state index in [0.29, 0.717) is 27.9 Å². The van der Waals surface area contributed by atoms with Crippen molar-refractivity contribution in [1.29, 1.82) is 0 Å². The maximum absolute atomic E-state index is 12.7. The summed E-state index contributed by atoms with van der Waals surface area (Å²) in [5.41, 5.74) is 1.19. The van der Waals surface area contributed by atoms with Crippen LogP contribution in [-0.4, -0.2) is 24.1 Å². The Balaban J connectivity index is 1.54. The molecule has 0 radical (unpaired) electrons. The van der Waals surface area contributed by atoms with Gasteiger partial charge in [-0.2, -0.15) is 0 Å². The monoisotopic (exact) mass is 416 g/mol. The third kappa shape index (κ3) is 6.28. The topological polar surface area (TPSA) is 58.2 Å². The van der Waals surface area contributed by atoms with Crippen LogP contribution >= 0.6 is 23.4 Å². The standard InChI is InChI=1S/C22H25ClN2O2S/c23-17-9-6-10-18(13-17)25-22(27)19-11-4-5-12-20(19)28-15-21(26)24-14-16-7-2-1-3-8-16/h4-6,9-13,16H,1-3,7-8,14-15H2,(H,24,26)(H,25,27). The van der Waals surface area contributed by atoms with Crippen molar-refractivity contribution in [2.24, 2.45) is 5.92 Å². The Bertz CT molecular complexity index is 822. The molecule has 0 heterocycles. The number of thioether (sulfide) groups is 1. The highest BCUT2D eigenvalue weighted by Gasteiger charge is 2.16. The Kier molecular flexibility index (Phi) is 7.80. The molecular formula is C22H25ClN2O2S. The third-order valence-corrected chi connectivity index (χ3v) is 6.19. The summed E-state index contributed by atoms with van der Waals surface area (Å²) in [5.74, 6) is 0.709. The minimum atomic E-state index is -0.215. The van der Waals surface area contributed by atoms with Gasteiger partial charge in [0.25, 0.3) is 5.91 Å². The van der Waals surface area contributed by atoms with E-state index < -0.39 is 0 Å². The van der Waals surface area contributed by atoms with Crippen LogP contribution in [0.25, 0.3) is 0 Å². The van der Waals surface area contributed by atoms with Crippen LogP contribution < -0.4 is 10.6 Å². The lowest BCUT2D eigenvalue weighted by molar-refractivity contribution is -0.118. The van der Waals surface area contributed by atoms with Crippen LogP contribution in [0, 0.1) is 5.92 Å². The minimum Gasteiger partial charge on any atom is -0.355 e. The van der Waals surface area contributed by atoms with E-state index in [1.807, 2.05) is 18.2 Å². The molecule has 4 nitrogen and oxygen atoms in total. The summed E-state index contributed by atoms with van der Waals surface area (Å²) in [7, 11) is 0. The van der Waals surface area contributed by atoms with Gasteiger partial charge in [-0.25, -0.2) is 0 Å². The van der Waals surface area contributed by atoms with E-state index in [4.69, 9.17) is 11.6 Å². The summed E-state index contributed by atoms with van der Waals surface area (Å²) in [6, 6.07) is 14.4. The Labute approximate surface area is 175 Å². The lowest BCUT2D eigenvalue weighted by Gasteiger charge is -2.21. The molecule has 0 spiro atoms. The molecule has 2 N–H and O–H groups in total. The molecule has 0 bridgehead atoms. The van der Waals surface area contributed by atoms with Gasteiger partial charge in [0.05, 0.1) is 11.3 Å². The number of anilines is 1. The van der Waals surface area contributed by atoms with Gasteiger partial charge in [0.15, 0.2) is 0 Å². The first-order valence-electron chi connectivity index (χ1n) is 9.67. The number of rotatable bonds is 7. The van der Waals surface area contributed by atoms with Crippen molar-refractivity contribution in [3.05, 3.63) is 59.1 Å². The second-order valence-corrected chi connectivity index (χ2v) is 8.51. The summed E-state index contributed by atoms with van der Waals surface area (Å²) >= 11 is 7.36. The molecule has 0 unspecified atom stereocenters. The van der Waals surface area contributed by atoms with Gasteiger partial charge >= 0.3 is 0 Å². The predicted molar refractivity (Wildman–Crippen MR) is 116 cm³/mol. The van der Waals surface area contributed by atoms with Crippen LogP contribution in [0.3, 0.4) is 0 Å². The summed E-state index contributed by atoms with van der Waals surface area (Å²) < 4.78 is 0. The van der Waals surface area contributed by atoms with Gasteiger partial charge < -0.3 is 10.6 Å². The Morgan fingerprint density at radius 2 is 1.82 bits per heavy atom. The van der Waals surface area contributed by atoms with E-state index >= 15 is 0 Å². The third-order valence-electron chi connectivity index (χ3n) is 4.89. The van der Waals surface area contributed by atoms with Crippen molar-refractivity contribution in [3.8, 4) is 0 Å². The lowest BCUT2D eigenvalue weighted by Crippen LogP contribution is -2.31. The minimum absolute atomic E-state index is 0.0145. The van der Waals surface area contributed by atoms with Crippen molar-refractivity contribution in [1.82, 2.24) is 5.32 Å². The van der Waals surface area contributed by atoms with Crippen LogP contribution in [0.2, 0.25) is 5.02 Å². The van der Waals surface area contributed by atoms with Crippen LogP contribution in [-0.2, 0) is 4.79 Å². The number of nitrogens with one attached hydrogen (secondary N) is 2. The molecule has 0 aromatic heterocycles. The van der Waals surface area contributed by atoms with Gasteiger partial charge in [0.1, 0.15) is 0 Å². The molecule has 0 atom stereocenters. The molecule has 1 aliphatic carbocycles. The fourth-order valence-corrected chi connectivity index (χ4v) is 4.46. The van der Waals surface area contributed by atoms with Crippen LogP contribution in [0.4, 0.5) is 5.69 Å². The molecule has 0 aliphatic heterocycles. The smallest absolute Gasteiger partial charge is 0.256 e. The Morgan fingerprint density at radius 1 is 1.04 bits per heavy atom. The van der Waals surface area contributed by atoms with Crippen molar-refractivity contribution in [3.63, 3.8) is 0 Å². The molecule has 28 heavy (non-hydrogen) atoms. The van der Waals surface area contributed by atoms with Gasteiger partial charge in [-0.05, 0) is 49.1 Å². The fraction of sp³-hybridized carbons (Fsp3) is 0.364. The van der Waals surface area contributed by atoms with E-state index in [9.17, 15) is 9.59 Å². The SMILES string of the molecule is O=C(CSc1ccccc1C(=O)Nc1cccc(Cl)c1)NCC1CCCCC1. The first kappa shape index (κ1) is 20.7. The summed E-state index contributed by atoms with van der Waals surface area (Å²) in [6.45, 7) is 0.760. The zero-order valence-electron chi connectivity index (χ0n) is 15.7. The number of halogens is 1. The average molecular weight is 417 g/mol. The van der Waals surface area contributed by atoms with Gasteiger partial charge in [-0.15, -0.1) is 11.8 Å². The van der Waals surface area contributed by atoms with Crippen LogP contribution in [0.15, 0.2) is 53.4 Å². The molecule has 0 saturated heterocycles. The molecule has 6 heteroatoms. The van der Waals surface area contributed by atoms with Crippen molar-refractivity contribution < 1.29 is 9.59 Å². The van der Waals surface area contributed by atoms with Crippen LogP contribution in [0.1, 0.15) is 42.5 Å². The van der Waals surface area contributed by atoms with Gasteiger partial charge in [0.2, 0.25) is 5.91 Å². The van der Waals surface area contributed by atoms with Crippen molar-refractivity contribution in [2.75, 3.05) is 17.6 Å². The highest BCUT2D eigenvalue weighted by molar-refractivity contribution is 8.00. The van der Waals surface area contributed by atoms with E-state index in [2.05, 4.69) is 10.6 Å². The number of carbonyl (C=O) groups is 2. The molecule has 148 valence electrons. The zero-order chi connectivity index (χ0) is 19.8. The molecule has 1 fully saturated rings. The van der Waals surface area contributed by atoms with Crippen LogP contribution in [0.5, 0.6) is 0 Å². The molecule has 3 rings (SSSR count). The number of hydrogen-bond acceptors (Lipinski definition) is 3. The molecular weight excluding hydrogens is 392 g/mol. The highest BCUT2D eigenvalue weighted by Crippen LogP contribution is 2.25. The van der Waals surface area contributed by atoms with E-state index in [0.717, 1.165) is 11.4 Å². The number of benzene rings is 2. The fourth-order valence-electron chi connectivity index (χ4n) is 3.39. The number of hydrogen-bond donors (Lipinski definition) is 2. The lowest BCUT2D eigenvalue weighted by atomic mass is 9.89. The quantitative estimate of drug-likeness (QED) is 0.595. The highest BCUT2D eigenvalue weighted by atomic mass is 35.5. The molecule has 2 aromatic carbocycles. The molecule has 2 aromatic rings. The predicted octanol–water partition coefficient (Wildman–Crippen LogP) is 5.38. The maximum atomic E-state index is 12.7. The summed E-state index contributed by atoms with van der Waals surface area (Å²) in [5, 5.41) is 6.47. The van der Waals surface area contributed by atoms with Crippen molar-refractivity contribution >= 4 is 40.9 Å². The molecule has 2 amide bonds. The number of amides is 2. The summed E-state index contributed by atoms with van der Waals surface area (Å²) in [6.07, 6.45) is 6.27. The van der Waals surface area contributed by atoms with E-state index in [1.54, 1.807) is 30.3 Å². The maximum Gasteiger partial charge on any atom is 0.256 e.